The lowest BCUT2D eigenvalue weighted by Gasteiger charge is -2.31. The van der Waals surface area contributed by atoms with E-state index in [0.29, 0.717) is 0 Å². The molecule has 60 heavy (non-hydrogen) atoms. The highest BCUT2D eigenvalue weighted by atomic mass is 16.3. The van der Waals surface area contributed by atoms with E-state index in [-0.39, 0.29) is 0 Å². The first-order valence-corrected chi connectivity index (χ1v) is 20.4. The Labute approximate surface area is 347 Å². The Kier molecular flexibility index (Phi) is 7.82. The molecule has 0 aromatic heterocycles. The Hall–Kier alpha value is -8.08. The molecule has 0 saturated carbocycles. The van der Waals surface area contributed by atoms with Crippen LogP contribution in [0.1, 0.15) is 0 Å². The third-order valence-corrected chi connectivity index (χ3v) is 11.9. The number of benzene rings is 10. The molecule has 0 saturated heterocycles. The lowest BCUT2D eigenvalue weighted by molar-refractivity contribution is 0.660. The van der Waals surface area contributed by atoms with Gasteiger partial charge in [0.05, 0.1) is 16.9 Å². The summed E-state index contributed by atoms with van der Waals surface area (Å²) in [5.74, 6) is 0. The van der Waals surface area contributed by atoms with Crippen LogP contribution in [0.4, 0.5) is 34.1 Å². The molecule has 2 aliphatic heterocycles. The van der Waals surface area contributed by atoms with Crippen molar-refractivity contribution in [2.75, 3.05) is 9.80 Å². The van der Waals surface area contributed by atoms with E-state index in [4.69, 9.17) is 4.42 Å². The Morgan fingerprint density at radius 3 is 1.28 bits per heavy atom. The van der Waals surface area contributed by atoms with Crippen LogP contribution in [0.5, 0.6) is 0 Å². The van der Waals surface area contributed by atoms with E-state index in [9.17, 15) is 0 Å². The molecule has 1 N–H and O–H groups in total. The van der Waals surface area contributed by atoms with E-state index in [2.05, 4.69) is 233 Å². The molecular weight excluding hydrogens is 731 g/mol. The molecule has 0 amide bonds. The van der Waals surface area contributed by atoms with Gasteiger partial charge in [-0.3, -0.25) is 0 Å². The molecular formula is C56H37N3O. The van der Waals surface area contributed by atoms with Crippen LogP contribution in [0.2, 0.25) is 0 Å². The number of hydrogen-bond acceptors (Lipinski definition) is 3. The maximum atomic E-state index is 7.33. The number of pyridine rings is 1. The van der Waals surface area contributed by atoms with Crippen molar-refractivity contribution in [2.24, 2.45) is 0 Å². The summed E-state index contributed by atoms with van der Waals surface area (Å²) in [6, 6.07) is 77.7. The second-order valence-electron chi connectivity index (χ2n) is 15.3. The first-order chi connectivity index (χ1) is 29.8. The van der Waals surface area contributed by atoms with Crippen molar-refractivity contribution >= 4 is 77.9 Å². The Balaban J connectivity index is 1.25. The van der Waals surface area contributed by atoms with Crippen LogP contribution in [0.15, 0.2) is 223 Å². The van der Waals surface area contributed by atoms with Gasteiger partial charge in [-0.1, -0.05) is 140 Å². The number of para-hydroxylation sites is 4. The smallest absolute Gasteiger partial charge is 0.143 e. The number of aromatic nitrogens is 1. The maximum Gasteiger partial charge on any atom is 0.143 e. The Bertz CT molecular complexity index is 3090. The summed E-state index contributed by atoms with van der Waals surface area (Å²) in [5, 5.41) is 4.47. The van der Waals surface area contributed by atoms with Crippen molar-refractivity contribution < 1.29 is 4.42 Å². The second-order valence-corrected chi connectivity index (χ2v) is 15.3. The highest BCUT2D eigenvalue weighted by Crippen LogP contribution is 2.55. The summed E-state index contributed by atoms with van der Waals surface area (Å²) in [5.41, 5.74) is 17.0. The van der Waals surface area contributed by atoms with Gasteiger partial charge in [-0.25, -0.2) is 0 Å². The SMILES string of the molecule is c1ccc(-c2cc(N(c3ccccc3)c3ccccc3)c3ccc4oc5c(-c6ccccc6)cc(N(c6ccccc6)c6ccccc6)c6ccc7[nH]c2c3c4-c7c65)cc1. The molecule has 10 aromatic rings. The van der Waals surface area contributed by atoms with Crippen molar-refractivity contribution in [2.45, 2.75) is 0 Å². The van der Waals surface area contributed by atoms with Crippen LogP contribution in [0.25, 0.3) is 77.1 Å². The van der Waals surface area contributed by atoms with Crippen molar-refractivity contribution in [3.63, 3.8) is 0 Å². The summed E-state index contributed by atoms with van der Waals surface area (Å²) >= 11 is 0. The zero-order valence-electron chi connectivity index (χ0n) is 32.6. The van der Waals surface area contributed by atoms with Gasteiger partial charge >= 0.3 is 0 Å². The summed E-state index contributed by atoms with van der Waals surface area (Å²) in [7, 11) is 0. The molecule has 4 heteroatoms. The van der Waals surface area contributed by atoms with Crippen molar-refractivity contribution in [3.8, 4) is 33.4 Å². The number of rotatable bonds is 8. The third kappa shape index (κ3) is 5.32. The quantitative estimate of drug-likeness (QED) is 0.124. The van der Waals surface area contributed by atoms with Crippen LogP contribution in [0.3, 0.4) is 0 Å². The highest BCUT2D eigenvalue weighted by Gasteiger charge is 2.30. The van der Waals surface area contributed by atoms with Crippen LogP contribution in [0, 0.1) is 0 Å². The fourth-order valence-corrected chi connectivity index (χ4v) is 9.33. The first-order valence-electron chi connectivity index (χ1n) is 20.4. The average molecular weight is 768 g/mol. The minimum atomic E-state index is 0.849. The second kappa shape index (κ2) is 13.8. The van der Waals surface area contributed by atoms with Crippen LogP contribution in [-0.4, -0.2) is 4.98 Å². The number of anilines is 6. The van der Waals surface area contributed by atoms with E-state index < -0.39 is 0 Å². The van der Waals surface area contributed by atoms with Gasteiger partial charge in [-0.2, -0.15) is 0 Å². The molecule has 4 nitrogen and oxygen atoms in total. The topological polar surface area (TPSA) is 35.4 Å². The lowest BCUT2D eigenvalue weighted by atomic mass is 9.85. The van der Waals surface area contributed by atoms with Crippen LogP contribution in [-0.2, 0) is 0 Å². The number of H-pyrrole nitrogens is 1. The fraction of sp³-hybridized carbons (Fsp3) is 0. The molecule has 0 aliphatic carbocycles. The first kappa shape index (κ1) is 34.0. The predicted octanol–water partition coefficient (Wildman–Crippen LogP) is 16.0. The Morgan fingerprint density at radius 1 is 0.367 bits per heavy atom. The average Bonchev–Trinajstić information content (AvgIpc) is 3.32. The Morgan fingerprint density at radius 2 is 0.783 bits per heavy atom. The number of aromatic amines is 1. The van der Waals surface area contributed by atoms with Gasteiger partial charge in [0, 0.05) is 72.1 Å². The molecule has 2 aliphatic rings. The van der Waals surface area contributed by atoms with Gasteiger partial charge in [0.2, 0.25) is 0 Å². The normalized spacial score (nSPS) is 11.7. The lowest BCUT2D eigenvalue weighted by Crippen LogP contribution is -2.12. The standard InChI is InChI=1S/C56H37N3O/c1-7-19-37(20-8-1)45-35-48(58(39-23-11-3-12-24-39)40-25-13-4-14-26-40)43-32-34-50-54-51(43)55(45)57-47-33-31-44-49(59(41-27-15-5-16-28-41)42-29-17-6-18-30-42)36-46(38-21-9-2-10-22-38)56(60-50)52(44)53(47)54/h1-36,57H. The molecule has 0 atom stereocenters. The van der Waals surface area contributed by atoms with Gasteiger partial charge in [0.1, 0.15) is 11.2 Å². The molecule has 0 fully saturated rings. The zero-order valence-corrected chi connectivity index (χ0v) is 32.6. The molecule has 2 heterocycles. The molecule has 12 rings (SSSR count). The van der Waals surface area contributed by atoms with E-state index >= 15 is 0 Å². The third-order valence-electron chi connectivity index (χ3n) is 11.9. The molecule has 10 aromatic carbocycles. The van der Waals surface area contributed by atoms with Crippen molar-refractivity contribution in [3.05, 3.63) is 218 Å². The molecule has 0 unspecified atom stereocenters. The van der Waals surface area contributed by atoms with Crippen molar-refractivity contribution in [1.82, 2.24) is 4.98 Å². The van der Waals surface area contributed by atoms with Crippen LogP contribution >= 0.6 is 0 Å². The van der Waals surface area contributed by atoms with Crippen LogP contribution < -0.4 is 9.80 Å². The van der Waals surface area contributed by atoms with E-state index in [1.54, 1.807) is 0 Å². The largest absolute Gasteiger partial charge is 0.455 e. The summed E-state index contributed by atoms with van der Waals surface area (Å²) < 4.78 is 7.33. The van der Waals surface area contributed by atoms with Gasteiger partial charge < -0.3 is 19.2 Å². The van der Waals surface area contributed by atoms with Gasteiger partial charge in [0.25, 0.3) is 0 Å². The monoisotopic (exact) mass is 767 g/mol. The van der Waals surface area contributed by atoms with E-state index in [1.807, 2.05) is 0 Å². The molecule has 0 spiro atoms. The molecule has 282 valence electrons. The van der Waals surface area contributed by atoms with E-state index in [0.717, 1.165) is 111 Å². The molecule has 0 radical (unpaired) electrons. The summed E-state index contributed by atoms with van der Waals surface area (Å²) in [4.78, 5) is 8.81. The van der Waals surface area contributed by atoms with E-state index in [1.165, 1.54) is 0 Å². The number of hydrogen-bond donors (Lipinski definition) is 1. The zero-order chi connectivity index (χ0) is 39.6. The molecule has 0 bridgehead atoms. The predicted molar refractivity (Wildman–Crippen MR) is 251 cm³/mol. The number of nitrogens with one attached hydrogen (secondary N) is 1. The maximum absolute atomic E-state index is 7.33. The minimum absolute atomic E-state index is 0.849. The summed E-state index contributed by atoms with van der Waals surface area (Å²) in [6.45, 7) is 0. The fourth-order valence-electron chi connectivity index (χ4n) is 9.33. The minimum Gasteiger partial charge on any atom is -0.455 e. The van der Waals surface area contributed by atoms with Gasteiger partial charge in [-0.15, -0.1) is 0 Å². The summed E-state index contributed by atoms with van der Waals surface area (Å²) in [6.07, 6.45) is 0. The highest BCUT2D eigenvalue weighted by molar-refractivity contribution is 6.30. The van der Waals surface area contributed by atoms with Crippen molar-refractivity contribution in [1.29, 1.82) is 0 Å². The van der Waals surface area contributed by atoms with Gasteiger partial charge in [0.15, 0.2) is 0 Å². The van der Waals surface area contributed by atoms with Gasteiger partial charge in [-0.05, 0) is 90.0 Å². The number of nitrogens with zero attached hydrogens (tertiary/aromatic N) is 2.